The molecule has 0 unspecified atom stereocenters. The maximum Gasteiger partial charge on any atom is 0.138 e. The van der Waals surface area contributed by atoms with Gasteiger partial charge in [-0.1, -0.05) is 45.0 Å². The second kappa shape index (κ2) is 4.64. The maximum absolute atomic E-state index is 11.9. The average Bonchev–Trinajstić information content (AvgIpc) is 2.66. The monoisotopic (exact) mass is 230 g/mol. The first kappa shape index (κ1) is 12.3. The first-order valence-corrected chi connectivity index (χ1v) is 6.57. The Morgan fingerprint density at radius 2 is 1.71 bits per heavy atom. The maximum atomic E-state index is 11.9. The van der Waals surface area contributed by atoms with Crippen molar-refractivity contribution in [3.8, 4) is 0 Å². The van der Waals surface area contributed by atoms with E-state index in [0.717, 1.165) is 25.7 Å². The Labute approximate surface area is 104 Å². The van der Waals surface area contributed by atoms with Crippen LogP contribution in [-0.4, -0.2) is 5.78 Å². The van der Waals surface area contributed by atoms with E-state index in [2.05, 4.69) is 24.3 Å². The summed E-state index contributed by atoms with van der Waals surface area (Å²) >= 11 is 0. The largest absolute Gasteiger partial charge is 0.299 e. The third-order valence-corrected chi connectivity index (χ3v) is 3.75. The first-order valence-electron chi connectivity index (χ1n) is 6.57. The van der Waals surface area contributed by atoms with Crippen molar-refractivity contribution in [3.63, 3.8) is 0 Å². The highest BCUT2D eigenvalue weighted by Crippen LogP contribution is 2.30. The molecule has 0 fully saturated rings. The summed E-state index contributed by atoms with van der Waals surface area (Å²) in [5.41, 5.74) is 2.80. The number of Topliss-reactive ketones (excluding diaryl/α,β-unsaturated/α-hetero) is 1. The summed E-state index contributed by atoms with van der Waals surface area (Å²) in [5.74, 6) is 1.08. The molecule has 0 amide bonds. The predicted molar refractivity (Wildman–Crippen MR) is 71.0 cm³/mol. The molecule has 1 aliphatic rings. The Hall–Kier alpha value is -1.11. The van der Waals surface area contributed by atoms with Gasteiger partial charge >= 0.3 is 0 Å². The fourth-order valence-corrected chi connectivity index (χ4v) is 2.56. The van der Waals surface area contributed by atoms with Crippen LogP contribution < -0.4 is 0 Å². The predicted octanol–water partition coefficient (Wildman–Crippen LogP) is 3.80. The van der Waals surface area contributed by atoms with Gasteiger partial charge in [-0.3, -0.25) is 4.79 Å². The Bertz CT molecular complexity index is 387. The summed E-state index contributed by atoms with van der Waals surface area (Å²) in [6, 6.07) is 8.67. The third kappa shape index (κ3) is 2.96. The molecule has 1 aromatic rings. The lowest BCUT2D eigenvalue weighted by molar-refractivity contribution is -0.126. The molecule has 1 aliphatic carbocycles. The smallest absolute Gasteiger partial charge is 0.138 e. The van der Waals surface area contributed by atoms with Gasteiger partial charge < -0.3 is 0 Å². The standard InChI is InChI=1S/C16H22O/c1-16(2,3)15(17)9-8-12-10-13-6-4-5-7-14(13)11-12/h4-7,12H,8-11H2,1-3H3. The van der Waals surface area contributed by atoms with Crippen molar-refractivity contribution >= 4 is 5.78 Å². The van der Waals surface area contributed by atoms with Gasteiger partial charge in [0.05, 0.1) is 0 Å². The van der Waals surface area contributed by atoms with Crippen molar-refractivity contribution < 1.29 is 4.79 Å². The minimum atomic E-state index is -0.175. The molecule has 0 aromatic heterocycles. The van der Waals surface area contributed by atoms with Crippen LogP contribution >= 0.6 is 0 Å². The van der Waals surface area contributed by atoms with Crippen LogP contribution in [0.1, 0.15) is 44.7 Å². The number of carbonyl (C=O) groups excluding carboxylic acids is 1. The van der Waals surface area contributed by atoms with E-state index in [-0.39, 0.29) is 5.41 Å². The Morgan fingerprint density at radius 1 is 1.18 bits per heavy atom. The van der Waals surface area contributed by atoms with Crippen LogP contribution in [-0.2, 0) is 17.6 Å². The number of benzene rings is 1. The van der Waals surface area contributed by atoms with Gasteiger partial charge in [0.15, 0.2) is 0 Å². The lowest BCUT2D eigenvalue weighted by Crippen LogP contribution is -2.20. The number of hydrogen-bond donors (Lipinski definition) is 0. The topological polar surface area (TPSA) is 17.1 Å². The average molecular weight is 230 g/mol. The molecule has 0 saturated carbocycles. The van der Waals surface area contributed by atoms with Crippen LogP contribution in [0.15, 0.2) is 24.3 Å². The highest BCUT2D eigenvalue weighted by molar-refractivity contribution is 5.83. The summed E-state index contributed by atoms with van der Waals surface area (Å²) in [6.07, 6.45) is 4.11. The van der Waals surface area contributed by atoms with E-state index in [9.17, 15) is 4.79 Å². The lowest BCUT2D eigenvalue weighted by atomic mass is 9.86. The van der Waals surface area contributed by atoms with Gasteiger partial charge in [0.25, 0.3) is 0 Å². The van der Waals surface area contributed by atoms with Gasteiger partial charge in [-0.15, -0.1) is 0 Å². The Kier molecular flexibility index (Phi) is 3.37. The second-order valence-corrected chi connectivity index (χ2v) is 6.25. The van der Waals surface area contributed by atoms with Crippen molar-refractivity contribution in [1.29, 1.82) is 0 Å². The van der Waals surface area contributed by atoms with Gasteiger partial charge in [-0.2, -0.15) is 0 Å². The molecular formula is C16H22O. The lowest BCUT2D eigenvalue weighted by Gasteiger charge is -2.17. The number of fused-ring (bicyclic) bond motifs is 1. The van der Waals surface area contributed by atoms with Crippen LogP contribution in [0.3, 0.4) is 0 Å². The zero-order chi connectivity index (χ0) is 12.5. The fraction of sp³-hybridized carbons (Fsp3) is 0.562. The highest BCUT2D eigenvalue weighted by Gasteiger charge is 2.25. The molecule has 0 radical (unpaired) electrons. The second-order valence-electron chi connectivity index (χ2n) is 6.25. The van der Waals surface area contributed by atoms with E-state index < -0.39 is 0 Å². The molecule has 0 saturated heterocycles. The van der Waals surface area contributed by atoms with Gasteiger partial charge in [0, 0.05) is 11.8 Å². The molecule has 1 nitrogen and oxygen atoms in total. The molecule has 0 atom stereocenters. The molecule has 92 valence electrons. The van der Waals surface area contributed by atoms with E-state index in [0.29, 0.717) is 11.7 Å². The van der Waals surface area contributed by atoms with Crippen molar-refractivity contribution in [1.82, 2.24) is 0 Å². The molecule has 1 heteroatoms. The summed E-state index contributed by atoms with van der Waals surface area (Å²) in [7, 11) is 0. The van der Waals surface area contributed by atoms with Crippen LogP contribution in [0.2, 0.25) is 0 Å². The molecule has 0 spiro atoms. The van der Waals surface area contributed by atoms with Crippen LogP contribution in [0.5, 0.6) is 0 Å². The molecule has 0 aliphatic heterocycles. The van der Waals surface area contributed by atoms with Crippen molar-refractivity contribution in [2.24, 2.45) is 11.3 Å². The zero-order valence-corrected chi connectivity index (χ0v) is 11.1. The van der Waals surface area contributed by atoms with Crippen LogP contribution in [0.4, 0.5) is 0 Å². The minimum absolute atomic E-state index is 0.175. The third-order valence-electron chi connectivity index (χ3n) is 3.75. The molecule has 1 aromatic carbocycles. The van der Waals surface area contributed by atoms with Crippen molar-refractivity contribution in [2.75, 3.05) is 0 Å². The molecular weight excluding hydrogens is 208 g/mol. The Balaban J connectivity index is 1.87. The summed E-state index contributed by atoms with van der Waals surface area (Å²) in [5, 5.41) is 0. The molecule has 0 bridgehead atoms. The molecule has 2 rings (SSSR count). The van der Waals surface area contributed by atoms with E-state index >= 15 is 0 Å². The summed E-state index contributed by atoms with van der Waals surface area (Å²) in [6.45, 7) is 6.04. The van der Waals surface area contributed by atoms with Gasteiger partial charge in [0.1, 0.15) is 5.78 Å². The van der Waals surface area contributed by atoms with Crippen LogP contribution in [0, 0.1) is 11.3 Å². The van der Waals surface area contributed by atoms with E-state index in [4.69, 9.17) is 0 Å². The number of hydrogen-bond acceptors (Lipinski definition) is 1. The minimum Gasteiger partial charge on any atom is -0.299 e. The van der Waals surface area contributed by atoms with Gasteiger partial charge in [0.2, 0.25) is 0 Å². The summed E-state index contributed by atoms with van der Waals surface area (Å²) in [4.78, 5) is 11.9. The zero-order valence-electron chi connectivity index (χ0n) is 11.1. The molecule has 0 N–H and O–H groups in total. The normalized spacial score (nSPS) is 15.9. The first-order chi connectivity index (χ1) is 7.97. The van der Waals surface area contributed by atoms with Crippen molar-refractivity contribution in [2.45, 2.75) is 46.5 Å². The van der Waals surface area contributed by atoms with Gasteiger partial charge in [-0.25, -0.2) is 0 Å². The van der Waals surface area contributed by atoms with Crippen LogP contribution in [0.25, 0.3) is 0 Å². The fourth-order valence-electron chi connectivity index (χ4n) is 2.56. The summed E-state index contributed by atoms with van der Waals surface area (Å²) < 4.78 is 0. The van der Waals surface area contributed by atoms with E-state index in [1.54, 1.807) is 0 Å². The quantitative estimate of drug-likeness (QED) is 0.772. The van der Waals surface area contributed by atoms with Crippen molar-refractivity contribution in [3.05, 3.63) is 35.4 Å². The van der Waals surface area contributed by atoms with E-state index in [1.165, 1.54) is 11.1 Å². The van der Waals surface area contributed by atoms with E-state index in [1.807, 2.05) is 20.8 Å². The van der Waals surface area contributed by atoms with Gasteiger partial charge in [-0.05, 0) is 36.3 Å². The Morgan fingerprint density at radius 3 is 2.18 bits per heavy atom. The molecule has 17 heavy (non-hydrogen) atoms. The molecule has 0 heterocycles. The number of carbonyl (C=O) groups is 1. The highest BCUT2D eigenvalue weighted by atomic mass is 16.1. The number of rotatable bonds is 3. The SMILES string of the molecule is CC(C)(C)C(=O)CCC1Cc2ccccc2C1. The number of ketones is 1.